The van der Waals surface area contributed by atoms with Gasteiger partial charge in [0.15, 0.2) is 0 Å². The summed E-state index contributed by atoms with van der Waals surface area (Å²) < 4.78 is 5.10. The first-order chi connectivity index (χ1) is 26.1. The van der Waals surface area contributed by atoms with Crippen LogP contribution in [0.25, 0.3) is 83.5 Å². The maximum Gasteiger partial charge on any atom is 0.0788 e. The summed E-state index contributed by atoms with van der Waals surface area (Å²) in [5, 5.41) is 3.88. The third-order valence-electron chi connectivity index (χ3n) is 11.9. The van der Waals surface area contributed by atoms with Gasteiger partial charge in [-0.1, -0.05) is 127 Å². The van der Waals surface area contributed by atoms with E-state index in [1.54, 1.807) is 0 Å². The minimum absolute atomic E-state index is 0.951. The van der Waals surface area contributed by atoms with Crippen molar-refractivity contribution in [3.8, 4) is 44.8 Å². The molecule has 7 aromatic carbocycles. The van der Waals surface area contributed by atoms with Crippen molar-refractivity contribution in [2.75, 3.05) is 0 Å². The van der Waals surface area contributed by atoms with Gasteiger partial charge < -0.3 is 9.13 Å². The Morgan fingerprint density at radius 2 is 1.26 bits per heavy atom. The van der Waals surface area contributed by atoms with Crippen LogP contribution in [0.3, 0.4) is 0 Å². The molecule has 0 unspecified atom stereocenters. The van der Waals surface area contributed by atoms with E-state index in [4.69, 9.17) is 0 Å². The third kappa shape index (κ3) is 4.45. The summed E-state index contributed by atoms with van der Waals surface area (Å²) in [5.74, 6) is 0. The number of aromatic nitrogens is 2. The number of fused-ring (bicyclic) bond motifs is 10. The van der Waals surface area contributed by atoms with E-state index in [1.165, 1.54) is 111 Å². The molecule has 0 saturated heterocycles. The van der Waals surface area contributed by atoms with Gasteiger partial charge in [-0.05, 0) is 119 Å². The zero-order valence-electron chi connectivity index (χ0n) is 30.0. The summed E-state index contributed by atoms with van der Waals surface area (Å²) in [6, 6.07) is 54.4. The van der Waals surface area contributed by atoms with E-state index in [2.05, 4.69) is 181 Å². The number of aryl methyl sites for hydroxylation is 2. The fraction of sp³-hybridized carbons (Fsp3) is 0.0980. The topological polar surface area (TPSA) is 9.86 Å². The van der Waals surface area contributed by atoms with E-state index in [0.29, 0.717) is 0 Å². The van der Waals surface area contributed by atoms with Crippen LogP contribution >= 0.6 is 0 Å². The Kier molecular flexibility index (Phi) is 6.60. The number of nitrogens with zero attached hydrogens (tertiary/aromatic N) is 2. The molecule has 0 spiro atoms. The molecule has 0 fully saturated rings. The molecule has 2 aromatic heterocycles. The SMILES string of the molecule is Cc1ccccc1-c1ccc(-c2cccc3c2-c2cc(-n4c5ccccc5c5ccc6c7c(n(-c8ccccc8)c6c54)CCC=C7)ccc2C3)cc1C. The third-order valence-corrected chi connectivity index (χ3v) is 11.9. The molecule has 53 heavy (non-hydrogen) atoms. The number of hydrogen-bond donors (Lipinski definition) is 0. The van der Waals surface area contributed by atoms with Gasteiger partial charge in [0.2, 0.25) is 0 Å². The molecule has 9 aromatic rings. The first-order valence-electron chi connectivity index (χ1n) is 18.9. The average molecular weight is 679 g/mol. The summed E-state index contributed by atoms with van der Waals surface area (Å²) >= 11 is 0. The van der Waals surface area contributed by atoms with Crippen molar-refractivity contribution < 1.29 is 0 Å². The second-order valence-electron chi connectivity index (χ2n) is 14.9. The highest BCUT2D eigenvalue weighted by Crippen LogP contribution is 2.47. The highest BCUT2D eigenvalue weighted by molar-refractivity contribution is 6.19. The monoisotopic (exact) mass is 678 g/mol. The number of rotatable bonds is 4. The smallest absolute Gasteiger partial charge is 0.0788 e. The Morgan fingerprint density at radius 1 is 0.491 bits per heavy atom. The van der Waals surface area contributed by atoms with Gasteiger partial charge in [0.25, 0.3) is 0 Å². The van der Waals surface area contributed by atoms with Crippen molar-refractivity contribution in [1.82, 2.24) is 9.13 Å². The minimum atomic E-state index is 0.951. The van der Waals surface area contributed by atoms with Crippen LogP contribution in [0.1, 0.15) is 39.9 Å². The van der Waals surface area contributed by atoms with E-state index >= 15 is 0 Å². The molecule has 0 saturated carbocycles. The Balaban J connectivity index is 1.15. The molecule has 2 aliphatic rings. The lowest BCUT2D eigenvalue weighted by molar-refractivity contribution is 0.889. The fourth-order valence-corrected chi connectivity index (χ4v) is 9.49. The Hall–Kier alpha value is -6.38. The molecule has 2 heterocycles. The first kappa shape index (κ1) is 30.3. The van der Waals surface area contributed by atoms with Gasteiger partial charge in [0.05, 0.1) is 16.6 Å². The first-order valence-corrected chi connectivity index (χ1v) is 18.9. The van der Waals surface area contributed by atoms with Crippen LogP contribution < -0.4 is 0 Å². The molecule has 0 N–H and O–H groups in total. The van der Waals surface area contributed by atoms with Crippen molar-refractivity contribution in [3.05, 3.63) is 185 Å². The van der Waals surface area contributed by atoms with Gasteiger partial charge in [-0.25, -0.2) is 0 Å². The molecule has 11 rings (SSSR count). The van der Waals surface area contributed by atoms with Gasteiger partial charge in [0.1, 0.15) is 0 Å². The summed E-state index contributed by atoms with van der Waals surface area (Å²) in [5.41, 5.74) is 22.2. The molecule has 0 aliphatic heterocycles. The van der Waals surface area contributed by atoms with Crippen LogP contribution in [-0.2, 0) is 12.8 Å². The van der Waals surface area contributed by atoms with Crippen molar-refractivity contribution in [2.24, 2.45) is 0 Å². The maximum absolute atomic E-state index is 2.55. The summed E-state index contributed by atoms with van der Waals surface area (Å²) in [6.45, 7) is 4.45. The lowest BCUT2D eigenvalue weighted by Crippen LogP contribution is -2.04. The number of para-hydroxylation sites is 2. The van der Waals surface area contributed by atoms with Gasteiger partial charge >= 0.3 is 0 Å². The molecule has 0 atom stereocenters. The molecule has 2 nitrogen and oxygen atoms in total. The Labute approximate surface area is 309 Å². The maximum atomic E-state index is 2.55. The molecule has 252 valence electrons. The average Bonchev–Trinajstić information content (AvgIpc) is 3.86. The van der Waals surface area contributed by atoms with Crippen molar-refractivity contribution >= 4 is 38.8 Å². The molecule has 0 bridgehead atoms. The number of benzene rings is 7. The van der Waals surface area contributed by atoms with Crippen LogP contribution in [0.5, 0.6) is 0 Å². The summed E-state index contributed by atoms with van der Waals surface area (Å²) in [6.07, 6.45) is 7.73. The van der Waals surface area contributed by atoms with Crippen molar-refractivity contribution in [1.29, 1.82) is 0 Å². The van der Waals surface area contributed by atoms with Crippen molar-refractivity contribution in [2.45, 2.75) is 33.1 Å². The van der Waals surface area contributed by atoms with Crippen LogP contribution in [0.4, 0.5) is 0 Å². The van der Waals surface area contributed by atoms with E-state index in [-0.39, 0.29) is 0 Å². The highest BCUT2D eigenvalue weighted by Gasteiger charge is 2.27. The van der Waals surface area contributed by atoms with E-state index in [9.17, 15) is 0 Å². The van der Waals surface area contributed by atoms with Crippen LogP contribution in [0.2, 0.25) is 0 Å². The lowest BCUT2D eigenvalue weighted by Gasteiger charge is -2.16. The van der Waals surface area contributed by atoms with E-state index < -0.39 is 0 Å². The molecular weight excluding hydrogens is 641 g/mol. The predicted molar refractivity (Wildman–Crippen MR) is 224 cm³/mol. The van der Waals surface area contributed by atoms with Gasteiger partial charge in [-0.15, -0.1) is 0 Å². The Morgan fingerprint density at radius 3 is 2.15 bits per heavy atom. The standard InChI is InChI=1S/C51H38N2/c1-32-13-6-7-17-39(32)40-26-24-34(29-33(40)2)41-20-12-14-36-30-35-23-25-38(31-46(35)49(36)41)53-48-22-11-9-19-43(48)45-28-27-44-42-18-8-10-21-47(42)52(50(44)51(45)53)37-15-4-3-5-16-37/h3-9,11-20,22-29,31H,10,21,30H2,1-2H3. The molecular formula is C51H38N2. The van der Waals surface area contributed by atoms with Crippen LogP contribution in [-0.4, -0.2) is 9.13 Å². The van der Waals surface area contributed by atoms with Gasteiger partial charge in [0, 0.05) is 38.8 Å². The van der Waals surface area contributed by atoms with Gasteiger partial charge in [-0.2, -0.15) is 0 Å². The summed E-state index contributed by atoms with van der Waals surface area (Å²) in [4.78, 5) is 0. The van der Waals surface area contributed by atoms with Gasteiger partial charge in [-0.3, -0.25) is 0 Å². The molecule has 0 amide bonds. The number of hydrogen-bond acceptors (Lipinski definition) is 0. The van der Waals surface area contributed by atoms with Crippen molar-refractivity contribution in [3.63, 3.8) is 0 Å². The molecule has 0 radical (unpaired) electrons. The largest absolute Gasteiger partial charge is 0.311 e. The van der Waals surface area contributed by atoms with Crippen LogP contribution in [0, 0.1) is 13.8 Å². The van der Waals surface area contributed by atoms with Crippen LogP contribution in [0.15, 0.2) is 152 Å². The second kappa shape index (κ2) is 11.6. The quantitative estimate of drug-likeness (QED) is 0.175. The Bertz CT molecular complexity index is 2990. The normalized spacial score (nSPS) is 13.2. The lowest BCUT2D eigenvalue weighted by atomic mass is 9.90. The number of allylic oxidation sites excluding steroid dienone is 1. The zero-order valence-corrected chi connectivity index (χ0v) is 30.0. The molecule has 2 heteroatoms. The molecule has 2 aliphatic carbocycles. The zero-order chi connectivity index (χ0) is 35.2. The second-order valence-corrected chi connectivity index (χ2v) is 14.9. The minimum Gasteiger partial charge on any atom is -0.311 e. The summed E-state index contributed by atoms with van der Waals surface area (Å²) in [7, 11) is 0. The highest BCUT2D eigenvalue weighted by atomic mass is 15.1. The van der Waals surface area contributed by atoms with E-state index in [0.717, 1.165) is 19.3 Å². The van der Waals surface area contributed by atoms with E-state index in [1.807, 2.05) is 0 Å². The fourth-order valence-electron chi connectivity index (χ4n) is 9.49. The predicted octanol–water partition coefficient (Wildman–Crippen LogP) is 13.2.